The highest BCUT2D eigenvalue weighted by Gasteiger charge is 2.29. The standard InChI is InChI=1S/C27H21F5N2O/c1-17(33-35-16-19-3-7-21(8-4-19)27(30,31)32)25-15-26(20-5-9-22(28)10-6-20)34(18(25)2)24-13-11-23(29)12-14-24/h3-15H,16H2,1-2H3/b33-17+. The van der Waals surface area contributed by atoms with Gasteiger partial charge < -0.3 is 9.40 Å². The van der Waals surface area contributed by atoms with Crippen LogP contribution in [0, 0.1) is 18.6 Å². The zero-order valence-electron chi connectivity index (χ0n) is 18.9. The van der Waals surface area contributed by atoms with Crippen LogP contribution in [-0.2, 0) is 17.6 Å². The fraction of sp³-hybridized carbons (Fsp3) is 0.148. The minimum Gasteiger partial charge on any atom is -0.391 e. The van der Waals surface area contributed by atoms with Crippen LogP contribution in [0.4, 0.5) is 22.0 Å². The Bertz CT molecular complexity index is 1340. The van der Waals surface area contributed by atoms with Crippen LogP contribution >= 0.6 is 0 Å². The maximum absolute atomic E-state index is 13.5. The predicted octanol–water partition coefficient (Wildman–Crippen LogP) is 7.69. The molecule has 0 amide bonds. The van der Waals surface area contributed by atoms with Crippen LogP contribution in [0.2, 0.25) is 0 Å². The van der Waals surface area contributed by atoms with Gasteiger partial charge in [-0.15, -0.1) is 0 Å². The summed E-state index contributed by atoms with van der Waals surface area (Å²) in [5.41, 5.74) is 4.13. The summed E-state index contributed by atoms with van der Waals surface area (Å²) in [6.07, 6.45) is -4.40. The van der Waals surface area contributed by atoms with Crippen molar-refractivity contribution in [2.75, 3.05) is 0 Å². The second kappa shape index (κ2) is 9.74. The van der Waals surface area contributed by atoms with Crippen LogP contribution in [0.1, 0.15) is 29.3 Å². The maximum Gasteiger partial charge on any atom is 0.416 e. The molecule has 35 heavy (non-hydrogen) atoms. The molecule has 0 spiro atoms. The first-order chi connectivity index (χ1) is 16.6. The molecule has 0 saturated heterocycles. The third kappa shape index (κ3) is 5.42. The van der Waals surface area contributed by atoms with Gasteiger partial charge in [-0.3, -0.25) is 0 Å². The molecule has 3 aromatic carbocycles. The summed E-state index contributed by atoms with van der Waals surface area (Å²) in [7, 11) is 0. The van der Waals surface area contributed by atoms with Crippen molar-refractivity contribution in [3.05, 3.63) is 113 Å². The average Bonchev–Trinajstić information content (AvgIpc) is 3.17. The van der Waals surface area contributed by atoms with Crippen LogP contribution in [0.3, 0.4) is 0 Å². The normalized spacial score (nSPS) is 12.1. The highest BCUT2D eigenvalue weighted by atomic mass is 19.4. The summed E-state index contributed by atoms with van der Waals surface area (Å²) in [6, 6.07) is 18.6. The fourth-order valence-corrected chi connectivity index (χ4v) is 3.77. The Labute approximate surface area is 199 Å². The third-order valence-electron chi connectivity index (χ3n) is 5.58. The zero-order valence-corrected chi connectivity index (χ0v) is 18.9. The molecule has 0 bridgehead atoms. The molecule has 1 aromatic heterocycles. The first-order valence-electron chi connectivity index (χ1n) is 10.7. The summed E-state index contributed by atoms with van der Waals surface area (Å²) in [5.74, 6) is -0.725. The van der Waals surface area contributed by atoms with Crippen molar-refractivity contribution < 1.29 is 26.8 Å². The lowest BCUT2D eigenvalue weighted by atomic mass is 10.1. The minimum atomic E-state index is -4.40. The van der Waals surface area contributed by atoms with Gasteiger partial charge >= 0.3 is 6.18 Å². The highest BCUT2D eigenvalue weighted by Crippen LogP contribution is 2.31. The molecule has 0 aliphatic heterocycles. The summed E-state index contributed by atoms with van der Waals surface area (Å²) in [5, 5.41) is 4.15. The van der Waals surface area contributed by atoms with Crippen molar-refractivity contribution in [3.8, 4) is 16.9 Å². The van der Waals surface area contributed by atoms with Crippen molar-refractivity contribution >= 4 is 5.71 Å². The SMILES string of the molecule is C/C(=N\OCc1ccc(C(F)(F)F)cc1)c1cc(-c2ccc(F)cc2)n(-c2ccc(F)cc2)c1C. The number of aromatic nitrogens is 1. The number of hydrogen-bond donors (Lipinski definition) is 0. The van der Waals surface area contributed by atoms with E-state index in [0.29, 0.717) is 17.0 Å². The second-order valence-corrected chi connectivity index (χ2v) is 7.99. The average molecular weight is 484 g/mol. The number of nitrogens with zero attached hydrogens (tertiary/aromatic N) is 2. The summed E-state index contributed by atoms with van der Waals surface area (Å²) in [6.45, 7) is 3.62. The first kappa shape index (κ1) is 24.2. The number of oxime groups is 1. The van der Waals surface area contributed by atoms with E-state index in [9.17, 15) is 22.0 Å². The summed E-state index contributed by atoms with van der Waals surface area (Å²) < 4.78 is 67.1. The van der Waals surface area contributed by atoms with Crippen molar-refractivity contribution in [2.45, 2.75) is 26.6 Å². The zero-order chi connectivity index (χ0) is 25.2. The molecule has 1 heterocycles. The van der Waals surface area contributed by atoms with Crippen LogP contribution in [0.15, 0.2) is 84.0 Å². The van der Waals surface area contributed by atoms with Crippen LogP contribution in [-0.4, -0.2) is 10.3 Å². The molecule has 180 valence electrons. The largest absolute Gasteiger partial charge is 0.416 e. The van der Waals surface area contributed by atoms with Gasteiger partial charge in [-0.2, -0.15) is 13.2 Å². The lowest BCUT2D eigenvalue weighted by Crippen LogP contribution is -2.04. The number of hydrogen-bond acceptors (Lipinski definition) is 2. The Hall–Kier alpha value is -3.94. The minimum absolute atomic E-state index is 0.00197. The topological polar surface area (TPSA) is 26.5 Å². The van der Waals surface area contributed by atoms with Crippen molar-refractivity contribution in [1.82, 2.24) is 4.57 Å². The Kier molecular flexibility index (Phi) is 6.73. The second-order valence-electron chi connectivity index (χ2n) is 7.99. The molecule has 0 saturated carbocycles. The quantitative estimate of drug-likeness (QED) is 0.157. The monoisotopic (exact) mass is 484 g/mol. The Morgan fingerprint density at radius 3 is 2.00 bits per heavy atom. The van der Waals surface area contributed by atoms with Gasteiger partial charge in [0.05, 0.1) is 17.0 Å². The summed E-state index contributed by atoms with van der Waals surface area (Å²) >= 11 is 0. The molecule has 0 aliphatic carbocycles. The molecule has 0 atom stereocenters. The van der Waals surface area contributed by atoms with Crippen LogP contribution < -0.4 is 0 Å². The number of benzene rings is 3. The van der Waals surface area contributed by atoms with E-state index >= 15 is 0 Å². The Morgan fingerprint density at radius 1 is 0.857 bits per heavy atom. The van der Waals surface area contributed by atoms with E-state index in [1.807, 2.05) is 17.6 Å². The molecular formula is C27H21F5N2O. The van der Waals surface area contributed by atoms with Gasteiger partial charge in [-0.1, -0.05) is 17.3 Å². The van der Waals surface area contributed by atoms with Gasteiger partial charge in [0.15, 0.2) is 0 Å². The van der Waals surface area contributed by atoms with Crippen molar-refractivity contribution in [1.29, 1.82) is 0 Å². The number of halogens is 5. The van der Waals surface area contributed by atoms with E-state index in [4.69, 9.17) is 4.84 Å². The highest BCUT2D eigenvalue weighted by molar-refractivity contribution is 6.01. The van der Waals surface area contributed by atoms with Gasteiger partial charge in [-0.05, 0) is 91.7 Å². The molecule has 0 N–H and O–H groups in total. The lowest BCUT2D eigenvalue weighted by Gasteiger charge is -2.12. The fourth-order valence-electron chi connectivity index (χ4n) is 3.77. The summed E-state index contributed by atoms with van der Waals surface area (Å²) in [4.78, 5) is 5.41. The maximum atomic E-state index is 13.5. The Morgan fingerprint density at radius 2 is 1.43 bits per heavy atom. The van der Waals surface area contributed by atoms with Gasteiger partial charge in [-0.25, -0.2) is 8.78 Å². The molecule has 4 aromatic rings. The molecule has 8 heteroatoms. The lowest BCUT2D eigenvalue weighted by molar-refractivity contribution is -0.137. The molecule has 0 radical (unpaired) electrons. The molecule has 3 nitrogen and oxygen atoms in total. The molecule has 0 aliphatic rings. The van der Waals surface area contributed by atoms with Crippen LogP contribution in [0.25, 0.3) is 16.9 Å². The van der Waals surface area contributed by atoms with Crippen molar-refractivity contribution in [2.24, 2.45) is 5.16 Å². The van der Waals surface area contributed by atoms with Gasteiger partial charge in [0.25, 0.3) is 0 Å². The Balaban J connectivity index is 1.63. The van der Waals surface area contributed by atoms with E-state index in [2.05, 4.69) is 5.16 Å². The first-order valence-corrected chi connectivity index (χ1v) is 10.7. The molecular weight excluding hydrogens is 463 g/mol. The third-order valence-corrected chi connectivity index (χ3v) is 5.58. The van der Waals surface area contributed by atoms with E-state index < -0.39 is 11.7 Å². The van der Waals surface area contributed by atoms with E-state index in [1.165, 1.54) is 36.4 Å². The van der Waals surface area contributed by atoms with Crippen LogP contribution in [0.5, 0.6) is 0 Å². The molecule has 0 fully saturated rings. The van der Waals surface area contributed by atoms with E-state index in [0.717, 1.165) is 34.6 Å². The van der Waals surface area contributed by atoms with Gasteiger partial charge in [0.1, 0.15) is 18.2 Å². The predicted molar refractivity (Wildman–Crippen MR) is 124 cm³/mol. The van der Waals surface area contributed by atoms with Gasteiger partial charge in [0.2, 0.25) is 0 Å². The number of rotatable bonds is 6. The van der Waals surface area contributed by atoms with Crippen molar-refractivity contribution in [3.63, 3.8) is 0 Å². The van der Waals surface area contributed by atoms with Gasteiger partial charge in [0, 0.05) is 16.9 Å². The smallest absolute Gasteiger partial charge is 0.391 e. The van der Waals surface area contributed by atoms with E-state index in [1.54, 1.807) is 31.2 Å². The molecule has 4 rings (SSSR count). The number of alkyl halides is 3. The molecule has 0 unspecified atom stereocenters. The van der Waals surface area contributed by atoms with E-state index in [-0.39, 0.29) is 18.2 Å².